The zero-order valence-electron chi connectivity index (χ0n) is 13.7. The Bertz CT molecular complexity index is 363. The Morgan fingerprint density at radius 3 is 2.43 bits per heavy atom. The van der Waals surface area contributed by atoms with Crippen LogP contribution in [0.15, 0.2) is 0 Å². The molecule has 1 heterocycles. The lowest BCUT2D eigenvalue weighted by molar-refractivity contribution is -0.137. The molecule has 1 saturated heterocycles. The van der Waals surface area contributed by atoms with E-state index < -0.39 is 5.97 Å². The number of carboxylic acids is 1. The van der Waals surface area contributed by atoms with Crippen molar-refractivity contribution in [3.05, 3.63) is 0 Å². The van der Waals surface area contributed by atoms with E-state index in [0.717, 1.165) is 19.5 Å². The molecular weight excluding hydrogens is 268 g/mol. The molecule has 0 aromatic heterocycles. The van der Waals surface area contributed by atoms with E-state index in [1.165, 1.54) is 0 Å². The Hall–Kier alpha value is -1.10. The third-order valence-electron chi connectivity index (χ3n) is 4.58. The number of aliphatic carboxylic acids is 1. The summed E-state index contributed by atoms with van der Waals surface area (Å²) >= 11 is 0. The maximum Gasteiger partial charge on any atom is 0.303 e. The Morgan fingerprint density at radius 1 is 1.29 bits per heavy atom. The van der Waals surface area contributed by atoms with Gasteiger partial charge < -0.3 is 15.7 Å². The fraction of sp³-hybridized carbons (Fsp3) is 0.875. The molecular formula is C16H30N2O3. The predicted molar refractivity (Wildman–Crippen MR) is 83.0 cm³/mol. The van der Waals surface area contributed by atoms with Gasteiger partial charge >= 0.3 is 5.97 Å². The Kier molecular flexibility index (Phi) is 6.65. The van der Waals surface area contributed by atoms with Crippen LogP contribution in [0.2, 0.25) is 0 Å². The van der Waals surface area contributed by atoms with Crippen LogP contribution in [0.5, 0.6) is 0 Å². The van der Waals surface area contributed by atoms with E-state index in [1.54, 1.807) is 0 Å². The van der Waals surface area contributed by atoms with Gasteiger partial charge in [-0.05, 0) is 36.6 Å². The lowest BCUT2D eigenvalue weighted by atomic mass is 9.76. The van der Waals surface area contributed by atoms with E-state index in [2.05, 4.69) is 38.3 Å². The topological polar surface area (TPSA) is 78.4 Å². The minimum absolute atomic E-state index is 0.0579. The normalized spacial score (nSPS) is 23.8. The largest absolute Gasteiger partial charge is 0.481 e. The van der Waals surface area contributed by atoms with Crippen LogP contribution in [0.1, 0.15) is 47.0 Å². The highest BCUT2D eigenvalue weighted by molar-refractivity contribution is 5.79. The highest BCUT2D eigenvalue weighted by Crippen LogP contribution is 2.32. The quantitative estimate of drug-likeness (QED) is 0.670. The van der Waals surface area contributed by atoms with E-state index in [1.807, 2.05) is 0 Å². The standard InChI is InChI=1S/C16H30N2O3/c1-11-9-17-10-13(11)15(21)18-8-7-12(16(2,3)4)5-6-14(19)20/h11-13,17H,5-10H2,1-4H3,(H,18,21)(H,19,20). The molecule has 0 bridgehead atoms. The minimum Gasteiger partial charge on any atom is -0.481 e. The maximum atomic E-state index is 12.1. The first kappa shape index (κ1) is 18.0. The number of rotatable bonds is 7. The molecule has 0 aromatic carbocycles. The van der Waals surface area contributed by atoms with Crippen molar-refractivity contribution in [3.8, 4) is 0 Å². The molecule has 122 valence electrons. The molecule has 0 saturated carbocycles. The average molecular weight is 298 g/mol. The molecule has 3 unspecified atom stereocenters. The molecule has 5 nitrogen and oxygen atoms in total. The lowest BCUT2D eigenvalue weighted by Gasteiger charge is -2.30. The van der Waals surface area contributed by atoms with Crippen molar-refractivity contribution in [2.24, 2.45) is 23.2 Å². The molecule has 0 aliphatic carbocycles. The number of carboxylic acid groups (broad SMARTS) is 1. The first-order valence-corrected chi connectivity index (χ1v) is 7.92. The van der Waals surface area contributed by atoms with Gasteiger partial charge in [-0.25, -0.2) is 0 Å². The molecule has 1 aliphatic rings. The van der Waals surface area contributed by atoms with Gasteiger partial charge in [-0.3, -0.25) is 9.59 Å². The van der Waals surface area contributed by atoms with Crippen LogP contribution in [-0.2, 0) is 9.59 Å². The third kappa shape index (κ3) is 6.04. The fourth-order valence-electron chi connectivity index (χ4n) is 2.97. The first-order chi connectivity index (χ1) is 9.71. The summed E-state index contributed by atoms with van der Waals surface area (Å²) in [6.07, 6.45) is 1.69. The molecule has 21 heavy (non-hydrogen) atoms. The van der Waals surface area contributed by atoms with E-state index in [-0.39, 0.29) is 23.7 Å². The van der Waals surface area contributed by atoms with Crippen LogP contribution < -0.4 is 10.6 Å². The monoisotopic (exact) mass is 298 g/mol. The minimum atomic E-state index is -0.751. The number of carbonyl (C=O) groups excluding carboxylic acids is 1. The molecule has 1 rings (SSSR count). The van der Waals surface area contributed by atoms with Gasteiger partial charge in [0.25, 0.3) is 0 Å². The van der Waals surface area contributed by atoms with E-state index in [9.17, 15) is 9.59 Å². The van der Waals surface area contributed by atoms with Crippen molar-refractivity contribution in [2.75, 3.05) is 19.6 Å². The van der Waals surface area contributed by atoms with Gasteiger partial charge in [-0.1, -0.05) is 27.7 Å². The van der Waals surface area contributed by atoms with Gasteiger partial charge in [0.2, 0.25) is 5.91 Å². The summed E-state index contributed by atoms with van der Waals surface area (Å²) in [5, 5.41) is 15.1. The summed E-state index contributed by atoms with van der Waals surface area (Å²) in [4.78, 5) is 22.9. The summed E-state index contributed by atoms with van der Waals surface area (Å²) in [7, 11) is 0. The second-order valence-electron chi connectivity index (χ2n) is 7.32. The summed E-state index contributed by atoms with van der Waals surface area (Å²) in [5.41, 5.74) is 0.0579. The zero-order valence-corrected chi connectivity index (χ0v) is 13.7. The second-order valence-corrected chi connectivity index (χ2v) is 7.32. The third-order valence-corrected chi connectivity index (χ3v) is 4.58. The summed E-state index contributed by atoms with van der Waals surface area (Å²) in [6, 6.07) is 0. The summed E-state index contributed by atoms with van der Waals surface area (Å²) in [5.74, 6) is 0.123. The highest BCUT2D eigenvalue weighted by Gasteiger charge is 2.30. The molecule has 3 N–H and O–H groups in total. The van der Waals surface area contributed by atoms with Crippen molar-refractivity contribution in [1.82, 2.24) is 10.6 Å². The molecule has 1 amide bonds. The van der Waals surface area contributed by atoms with E-state index >= 15 is 0 Å². The number of carbonyl (C=O) groups is 2. The van der Waals surface area contributed by atoms with Crippen LogP contribution in [0, 0.1) is 23.2 Å². The van der Waals surface area contributed by atoms with Crippen LogP contribution >= 0.6 is 0 Å². The highest BCUT2D eigenvalue weighted by atomic mass is 16.4. The van der Waals surface area contributed by atoms with Gasteiger partial charge in [0.1, 0.15) is 0 Å². The van der Waals surface area contributed by atoms with Crippen LogP contribution in [-0.4, -0.2) is 36.6 Å². The molecule has 3 atom stereocenters. The number of amides is 1. The molecule has 0 aromatic rings. The predicted octanol–water partition coefficient (Wildman–Crippen LogP) is 1.88. The molecule has 1 aliphatic heterocycles. The molecule has 5 heteroatoms. The van der Waals surface area contributed by atoms with E-state index in [4.69, 9.17) is 5.11 Å². The number of nitrogens with one attached hydrogen (secondary N) is 2. The van der Waals surface area contributed by atoms with Crippen molar-refractivity contribution >= 4 is 11.9 Å². The fourth-order valence-corrected chi connectivity index (χ4v) is 2.97. The Balaban J connectivity index is 2.38. The van der Waals surface area contributed by atoms with Crippen molar-refractivity contribution < 1.29 is 14.7 Å². The summed E-state index contributed by atoms with van der Waals surface area (Å²) < 4.78 is 0. The maximum absolute atomic E-state index is 12.1. The lowest BCUT2D eigenvalue weighted by Crippen LogP contribution is -2.36. The van der Waals surface area contributed by atoms with Gasteiger partial charge in [0.15, 0.2) is 0 Å². The summed E-state index contributed by atoms with van der Waals surface area (Å²) in [6.45, 7) is 10.8. The van der Waals surface area contributed by atoms with Gasteiger partial charge in [0.05, 0.1) is 5.92 Å². The average Bonchev–Trinajstić information content (AvgIpc) is 2.77. The molecule has 0 spiro atoms. The SMILES string of the molecule is CC1CNCC1C(=O)NCCC(CCC(=O)O)C(C)(C)C. The Labute approximate surface area is 127 Å². The van der Waals surface area contributed by atoms with Gasteiger partial charge in [0, 0.05) is 19.5 Å². The van der Waals surface area contributed by atoms with Crippen LogP contribution in [0.25, 0.3) is 0 Å². The van der Waals surface area contributed by atoms with Crippen molar-refractivity contribution in [2.45, 2.75) is 47.0 Å². The van der Waals surface area contributed by atoms with Crippen LogP contribution in [0.4, 0.5) is 0 Å². The number of hydrogen-bond donors (Lipinski definition) is 3. The molecule has 0 radical (unpaired) electrons. The second kappa shape index (κ2) is 7.78. The smallest absolute Gasteiger partial charge is 0.303 e. The van der Waals surface area contributed by atoms with Gasteiger partial charge in [-0.2, -0.15) is 0 Å². The van der Waals surface area contributed by atoms with Crippen LogP contribution in [0.3, 0.4) is 0 Å². The van der Waals surface area contributed by atoms with Crippen molar-refractivity contribution in [3.63, 3.8) is 0 Å². The molecule has 1 fully saturated rings. The van der Waals surface area contributed by atoms with Crippen molar-refractivity contribution in [1.29, 1.82) is 0 Å². The van der Waals surface area contributed by atoms with Gasteiger partial charge in [-0.15, -0.1) is 0 Å². The number of hydrogen-bond acceptors (Lipinski definition) is 3. The van der Waals surface area contributed by atoms with E-state index in [0.29, 0.717) is 24.8 Å². The first-order valence-electron chi connectivity index (χ1n) is 7.92. The Morgan fingerprint density at radius 2 is 1.95 bits per heavy atom. The zero-order chi connectivity index (χ0) is 16.0.